The summed E-state index contributed by atoms with van der Waals surface area (Å²) in [5.74, 6) is 0. The van der Waals surface area contributed by atoms with Gasteiger partial charge in [-0.05, 0) is 0 Å². The van der Waals surface area contributed by atoms with Gasteiger partial charge in [-0.25, -0.2) is 0 Å². The van der Waals surface area contributed by atoms with E-state index in [0.29, 0.717) is 6.07 Å². The Bertz CT molecular complexity index is 456. The van der Waals surface area contributed by atoms with Gasteiger partial charge in [-0.3, -0.25) is 30.3 Å². The van der Waals surface area contributed by atoms with Gasteiger partial charge in [0.15, 0.2) is 6.07 Å². The third-order valence-electron chi connectivity index (χ3n) is 1.46. The molecule has 0 N–H and O–H groups in total. The van der Waals surface area contributed by atoms with E-state index >= 15 is 0 Å². The Hall–Kier alpha value is -2.58. The lowest BCUT2D eigenvalue weighted by Gasteiger charge is -1.93. The average Bonchev–Trinajstić information content (AvgIpc) is 2.16. The van der Waals surface area contributed by atoms with Crippen molar-refractivity contribution in [1.82, 2.24) is 0 Å². The lowest BCUT2D eigenvalue weighted by Crippen LogP contribution is -1.98. The summed E-state index contributed by atoms with van der Waals surface area (Å²) in [6, 6.07) is 3.24. The van der Waals surface area contributed by atoms with E-state index < -0.39 is 31.8 Å². The molecule has 1 radical (unpaired) electrons. The van der Waals surface area contributed by atoms with E-state index in [1.807, 2.05) is 0 Å². The van der Waals surface area contributed by atoms with E-state index in [2.05, 4.69) is 0 Å². The molecule has 0 spiro atoms. The molecule has 0 aliphatic carbocycles. The lowest BCUT2D eigenvalue weighted by molar-refractivity contribution is -0.424. The van der Waals surface area contributed by atoms with Crippen LogP contribution in [0.1, 0.15) is 0 Å². The number of rotatable bonds is 3. The molecule has 77 valence electrons. The molecule has 15 heavy (non-hydrogen) atoms. The van der Waals surface area contributed by atoms with Crippen LogP contribution >= 0.6 is 0 Å². The van der Waals surface area contributed by atoms with Crippen molar-refractivity contribution in [3.63, 3.8) is 0 Å². The van der Waals surface area contributed by atoms with Crippen LogP contribution < -0.4 is 0 Å². The molecule has 9 nitrogen and oxygen atoms in total. The first kappa shape index (κ1) is 10.5. The van der Waals surface area contributed by atoms with Crippen molar-refractivity contribution < 1.29 is 14.8 Å². The van der Waals surface area contributed by atoms with Gasteiger partial charge in [0.2, 0.25) is 0 Å². The maximum Gasteiger partial charge on any atom is 0.361 e. The minimum atomic E-state index is -1.09. The molecule has 0 aliphatic heterocycles. The Morgan fingerprint density at radius 3 is 1.93 bits per heavy atom. The van der Waals surface area contributed by atoms with Crippen LogP contribution in [0.3, 0.4) is 0 Å². The maximum absolute atomic E-state index is 10.3. The molecule has 0 unspecified atom stereocenters. The molecule has 0 atom stereocenters. The summed E-state index contributed by atoms with van der Waals surface area (Å²) in [6.07, 6.45) is 0. The van der Waals surface area contributed by atoms with Crippen molar-refractivity contribution in [3.05, 3.63) is 48.5 Å². The second-order valence-corrected chi connectivity index (χ2v) is 2.35. The quantitative estimate of drug-likeness (QED) is 0.546. The van der Waals surface area contributed by atoms with E-state index in [1.54, 1.807) is 6.07 Å². The molecule has 1 aromatic rings. The minimum Gasteiger partial charge on any atom is -0.258 e. The van der Waals surface area contributed by atoms with Crippen molar-refractivity contribution in [2.45, 2.75) is 0 Å². The Kier molecular flexibility index (Phi) is 2.56. The topological polar surface area (TPSA) is 129 Å². The van der Waals surface area contributed by atoms with Gasteiger partial charge in [-0.15, -0.1) is 0 Å². The Balaban J connectivity index is 3.40. The summed E-state index contributed by atoms with van der Waals surface area (Å²) < 4.78 is 0. The third kappa shape index (κ3) is 2.02. The predicted molar refractivity (Wildman–Crippen MR) is 45.2 cm³/mol. The van der Waals surface area contributed by atoms with Crippen LogP contribution in [-0.4, -0.2) is 14.8 Å². The highest BCUT2D eigenvalue weighted by Crippen LogP contribution is 2.29. The molecule has 0 saturated carbocycles. The molecular weight excluding hydrogens is 210 g/mol. The monoisotopic (exact) mass is 212 g/mol. The molecule has 0 fully saturated rings. The largest absolute Gasteiger partial charge is 0.361 e. The van der Waals surface area contributed by atoms with Crippen LogP contribution in [0.2, 0.25) is 0 Å². The molecular formula is C6H2N3O6. The van der Waals surface area contributed by atoms with E-state index in [9.17, 15) is 30.3 Å². The molecule has 1 aromatic carbocycles. The highest BCUT2D eigenvalue weighted by molar-refractivity contribution is 5.56. The van der Waals surface area contributed by atoms with Crippen LogP contribution in [0.4, 0.5) is 17.1 Å². The second kappa shape index (κ2) is 3.65. The fourth-order valence-electron chi connectivity index (χ4n) is 0.857. The van der Waals surface area contributed by atoms with Crippen LogP contribution in [0.15, 0.2) is 12.1 Å². The first-order valence-electron chi connectivity index (χ1n) is 3.43. The molecule has 9 heteroatoms. The third-order valence-corrected chi connectivity index (χ3v) is 1.46. The normalized spacial score (nSPS) is 9.60. The van der Waals surface area contributed by atoms with Crippen LogP contribution in [0.25, 0.3) is 0 Å². The Morgan fingerprint density at radius 2 is 1.53 bits per heavy atom. The molecule has 0 heterocycles. The number of nitrogens with zero attached hydrogens (tertiary/aromatic N) is 3. The van der Waals surface area contributed by atoms with Crippen LogP contribution in [0, 0.1) is 36.4 Å². The first-order chi connectivity index (χ1) is 6.93. The van der Waals surface area contributed by atoms with Gasteiger partial charge in [-0.1, -0.05) is 0 Å². The minimum absolute atomic E-state index is 0.688. The lowest BCUT2D eigenvalue weighted by atomic mass is 10.2. The highest BCUT2D eigenvalue weighted by atomic mass is 16.6. The van der Waals surface area contributed by atoms with Crippen molar-refractivity contribution >= 4 is 17.1 Å². The average molecular weight is 212 g/mol. The van der Waals surface area contributed by atoms with E-state index in [0.717, 1.165) is 6.07 Å². The second-order valence-electron chi connectivity index (χ2n) is 2.35. The van der Waals surface area contributed by atoms with Gasteiger partial charge in [0.25, 0.3) is 5.69 Å². The molecule has 0 aliphatic rings. The van der Waals surface area contributed by atoms with E-state index in [4.69, 9.17) is 0 Å². The van der Waals surface area contributed by atoms with Gasteiger partial charge in [0.05, 0.1) is 14.8 Å². The molecule has 0 amide bonds. The van der Waals surface area contributed by atoms with Gasteiger partial charge in [0, 0.05) is 12.1 Å². The fourth-order valence-corrected chi connectivity index (χ4v) is 0.857. The summed E-state index contributed by atoms with van der Waals surface area (Å²) >= 11 is 0. The van der Waals surface area contributed by atoms with Crippen molar-refractivity contribution in [1.29, 1.82) is 0 Å². The van der Waals surface area contributed by atoms with Crippen LogP contribution in [0.5, 0.6) is 0 Å². The number of nitro benzene ring substituents is 3. The summed E-state index contributed by atoms with van der Waals surface area (Å²) in [6.45, 7) is 0. The number of non-ortho nitro benzene ring substituents is 1. The Labute approximate surface area is 81.4 Å². The van der Waals surface area contributed by atoms with Gasteiger partial charge in [0.1, 0.15) is 0 Å². The highest BCUT2D eigenvalue weighted by Gasteiger charge is 2.27. The van der Waals surface area contributed by atoms with Gasteiger partial charge in [-0.2, -0.15) is 0 Å². The fraction of sp³-hybridized carbons (Fsp3) is 0. The van der Waals surface area contributed by atoms with Crippen molar-refractivity contribution in [2.24, 2.45) is 0 Å². The summed E-state index contributed by atoms with van der Waals surface area (Å²) in [5.41, 5.74) is -2.54. The standard InChI is InChI=1S/C6H2N3O6/c10-7(11)4-1-2-5(8(12)13)6(3-4)9(14)15/h1-2H. The van der Waals surface area contributed by atoms with Crippen LogP contribution in [-0.2, 0) is 0 Å². The molecule has 0 saturated heterocycles. The van der Waals surface area contributed by atoms with E-state index in [-0.39, 0.29) is 0 Å². The van der Waals surface area contributed by atoms with E-state index in [1.165, 1.54) is 0 Å². The van der Waals surface area contributed by atoms with Crippen molar-refractivity contribution in [3.8, 4) is 0 Å². The maximum atomic E-state index is 10.3. The summed E-state index contributed by atoms with van der Waals surface area (Å²) in [7, 11) is 0. The summed E-state index contributed by atoms with van der Waals surface area (Å²) in [5, 5.41) is 30.9. The molecule has 1 rings (SSSR count). The zero-order valence-corrected chi connectivity index (χ0v) is 6.95. The summed E-state index contributed by atoms with van der Waals surface area (Å²) in [4.78, 5) is 27.9. The smallest absolute Gasteiger partial charge is 0.258 e. The number of nitro groups is 3. The zero-order valence-electron chi connectivity index (χ0n) is 6.95. The first-order valence-corrected chi connectivity index (χ1v) is 3.43. The van der Waals surface area contributed by atoms with Gasteiger partial charge >= 0.3 is 11.4 Å². The van der Waals surface area contributed by atoms with Gasteiger partial charge < -0.3 is 0 Å². The number of hydrogen-bond acceptors (Lipinski definition) is 6. The number of hydrogen-bond donors (Lipinski definition) is 0. The zero-order chi connectivity index (χ0) is 11.6. The molecule has 0 bridgehead atoms. The molecule has 0 aromatic heterocycles. The SMILES string of the molecule is O=[N+]([O-])c1[c]c([N+](=O)[O-])c([N+](=O)[O-])cc1. The van der Waals surface area contributed by atoms with Crippen molar-refractivity contribution in [2.75, 3.05) is 0 Å². The predicted octanol–water partition coefficient (Wildman–Crippen LogP) is 1.21. The Morgan fingerprint density at radius 1 is 0.933 bits per heavy atom. The number of benzene rings is 1.